The molecule has 1 aromatic carbocycles. The molecule has 0 saturated heterocycles. The van der Waals surface area contributed by atoms with Gasteiger partial charge in [-0.2, -0.15) is 0 Å². The van der Waals surface area contributed by atoms with Crippen LogP contribution in [0.3, 0.4) is 0 Å². The number of aryl methyl sites for hydroxylation is 1. The molecule has 0 aromatic heterocycles. The molecule has 0 saturated carbocycles. The van der Waals surface area contributed by atoms with Crippen LogP contribution in [0.1, 0.15) is 29.8 Å². The number of rotatable bonds is 3. The van der Waals surface area contributed by atoms with Crippen LogP contribution in [-0.2, 0) is 4.74 Å². The van der Waals surface area contributed by atoms with Crippen LogP contribution in [-0.4, -0.2) is 19.2 Å². The third-order valence-corrected chi connectivity index (χ3v) is 1.97. The van der Waals surface area contributed by atoms with E-state index in [1.54, 1.807) is 6.07 Å². The van der Waals surface area contributed by atoms with E-state index in [-0.39, 0.29) is 12.1 Å². The first kappa shape index (κ1) is 11.6. The first-order chi connectivity index (χ1) is 7.06. The van der Waals surface area contributed by atoms with Crippen molar-refractivity contribution in [2.45, 2.75) is 26.9 Å². The maximum Gasteiger partial charge on any atom is 0.341 e. The Balaban J connectivity index is 3.14. The van der Waals surface area contributed by atoms with E-state index >= 15 is 0 Å². The summed E-state index contributed by atoms with van der Waals surface area (Å²) >= 11 is 0. The predicted octanol–water partition coefficient (Wildman–Crippen LogP) is 2.57. The lowest BCUT2D eigenvalue weighted by Gasteiger charge is -2.15. The van der Waals surface area contributed by atoms with Crippen molar-refractivity contribution >= 4 is 5.97 Å². The van der Waals surface area contributed by atoms with Gasteiger partial charge in [0.15, 0.2) is 0 Å². The second-order valence-electron chi connectivity index (χ2n) is 3.61. The lowest BCUT2D eigenvalue weighted by molar-refractivity contribution is 0.0594. The van der Waals surface area contributed by atoms with E-state index in [1.165, 1.54) is 7.11 Å². The number of para-hydroxylation sites is 1. The fourth-order valence-electron chi connectivity index (χ4n) is 1.32. The van der Waals surface area contributed by atoms with E-state index < -0.39 is 0 Å². The molecule has 15 heavy (non-hydrogen) atoms. The zero-order chi connectivity index (χ0) is 11.4. The normalized spacial score (nSPS) is 10.2. The Morgan fingerprint density at radius 3 is 2.53 bits per heavy atom. The first-order valence-corrected chi connectivity index (χ1v) is 4.91. The van der Waals surface area contributed by atoms with Gasteiger partial charge in [-0.05, 0) is 32.4 Å². The summed E-state index contributed by atoms with van der Waals surface area (Å²) in [6.07, 6.45) is 0.0366. The number of ether oxygens (including phenoxy) is 2. The van der Waals surface area contributed by atoms with Gasteiger partial charge in [-0.15, -0.1) is 0 Å². The molecule has 0 bridgehead atoms. The molecule has 3 heteroatoms. The number of hydrogen-bond acceptors (Lipinski definition) is 3. The molecule has 1 aromatic rings. The third kappa shape index (κ3) is 2.72. The summed E-state index contributed by atoms with van der Waals surface area (Å²) in [4.78, 5) is 11.5. The van der Waals surface area contributed by atoms with Gasteiger partial charge in [-0.3, -0.25) is 0 Å². The summed E-state index contributed by atoms with van der Waals surface area (Å²) in [5.74, 6) is 0.244. The minimum Gasteiger partial charge on any atom is -0.490 e. The topological polar surface area (TPSA) is 35.5 Å². The molecule has 0 fully saturated rings. The Labute approximate surface area is 90.0 Å². The molecular weight excluding hydrogens is 192 g/mol. The molecule has 0 aliphatic rings. The SMILES string of the molecule is COC(=O)c1cccc(C)c1OC(C)C. The number of hydrogen-bond donors (Lipinski definition) is 0. The van der Waals surface area contributed by atoms with Crippen LogP contribution < -0.4 is 4.74 Å². The van der Waals surface area contributed by atoms with E-state index in [0.717, 1.165) is 5.56 Å². The summed E-state index contributed by atoms with van der Waals surface area (Å²) in [6, 6.07) is 5.43. The predicted molar refractivity (Wildman–Crippen MR) is 58.3 cm³/mol. The van der Waals surface area contributed by atoms with E-state index in [1.807, 2.05) is 32.9 Å². The average Bonchev–Trinajstić information content (AvgIpc) is 2.19. The van der Waals surface area contributed by atoms with E-state index in [0.29, 0.717) is 11.3 Å². The summed E-state index contributed by atoms with van der Waals surface area (Å²) in [5, 5.41) is 0. The molecule has 0 heterocycles. The molecule has 0 aliphatic carbocycles. The highest BCUT2D eigenvalue weighted by molar-refractivity contribution is 5.92. The molecule has 0 radical (unpaired) electrons. The molecule has 3 nitrogen and oxygen atoms in total. The number of methoxy groups -OCH3 is 1. The van der Waals surface area contributed by atoms with Gasteiger partial charge in [0.05, 0.1) is 13.2 Å². The minimum atomic E-state index is -0.366. The lowest BCUT2D eigenvalue weighted by atomic mass is 10.1. The van der Waals surface area contributed by atoms with Gasteiger partial charge in [0, 0.05) is 0 Å². The highest BCUT2D eigenvalue weighted by Gasteiger charge is 2.15. The van der Waals surface area contributed by atoms with Gasteiger partial charge in [-0.1, -0.05) is 12.1 Å². The number of esters is 1. The molecule has 0 N–H and O–H groups in total. The average molecular weight is 208 g/mol. The standard InChI is InChI=1S/C12H16O3/c1-8(2)15-11-9(3)6-5-7-10(11)12(13)14-4/h5-8H,1-4H3. The van der Waals surface area contributed by atoms with Gasteiger partial charge in [0.1, 0.15) is 11.3 Å². The van der Waals surface area contributed by atoms with Crippen LogP contribution in [0.25, 0.3) is 0 Å². The molecule has 0 spiro atoms. The summed E-state index contributed by atoms with van der Waals surface area (Å²) in [7, 11) is 1.36. The van der Waals surface area contributed by atoms with Crippen LogP contribution in [0.15, 0.2) is 18.2 Å². The Kier molecular flexibility index (Phi) is 3.72. The summed E-state index contributed by atoms with van der Waals surface area (Å²) < 4.78 is 10.3. The van der Waals surface area contributed by atoms with Crippen LogP contribution in [0, 0.1) is 6.92 Å². The Morgan fingerprint density at radius 1 is 1.33 bits per heavy atom. The maximum absolute atomic E-state index is 11.5. The molecule has 0 unspecified atom stereocenters. The number of benzene rings is 1. The van der Waals surface area contributed by atoms with Crippen LogP contribution >= 0.6 is 0 Å². The molecule has 0 aliphatic heterocycles. The zero-order valence-electron chi connectivity index (χ0n) is 9.53. The second kappa shape index (κ2) is 4.82. The number of carbonyl (C=O) groups excluding carboxylic acids is 1. The fourth-order valence-corrected chi connectivity index (χ4v) is 1.32. The van der Waals surface area contributed by atoms with Gasteiger partial charge < -0.3 is 9.47 Å². The molecule has 0 amide bonds. The Bertz CT molecular complexity index is 356. The van der Waals surface area contributed by atoms with Crippen molar-refractivity contribution in [1.82, 2.24) is 0 Å². The van der Waals surface area contributed by atoms with Crippen molar-refractivity contribution in [3.05, 3.63) is 29.3 Å². The quantitative estimate of drug-likeness (QED) is 0.716. The van der Waals surface area contributed by atoms with Crippen molar-refractivity contribution in [2.75, 3.05) is 7.11 Å². The molecule has 0 atom stereocenters. The monoisotopic (exact) mass is 208 g/mol. The van der Waals surface area contributed by atoms with Crippen molar-refractivity contribution in [1.29, 1.82) is 0 Å². The fraction of sp³-hybridized carbons (Fsp3) is 0.417. The highest BCUT2D eigenvalue weighted by atomic mass is 16.5. The highest BCUT2D eigenvalue weighted by Crippen LogP contribution is 2.25. The largest absolute Gasteiger partial charge is 0.490 e. The van der Waals surface area contributed by atoms with Gasteiger partial charge in [0.25, 0.3) is 0 Å². The van der Waals surface area contributed by atoms with E-state index in [4.69, 9.17) is 9.47 Å². The van der Waals surface area contributed by atoms with Crippen LogP contribution in [0.4, 0.5) is 0 Å². The third-order valence-electron chi connectivity index (χ3n) is 1.97. The first-order valence-electron chi connectivity index (χ1n) is 4.91. The van der Waals surface area contributed by atoms with Crippen molar-refractivity contribution in [3.8, 4) is 5.75 Å². The zero-order valence-corrected chi connectivity index (χ0v) is 9.53. The van der Waals surface area contributed by atoms with E-state index in [9.17, 15) is 4.79 Å². The summed E-state index contributed by atoms with van der Waals surface area (Å²) in [6.45, 7) is 5.76. The Morgan fingerprint density at radius 2 is 2.00 bits per heavy atom. The molecule has 1 rings (SSSR count). The molecular formula is C12H16O3. The number of carbonyl (C=O) groups is 1. The van der Waals surface area contributed by atoms with Gasteiger partial charge >= 0.3 is 5.97 Å². The summed E-state index contributed by atoms with van der Waals surface area (Å²) in [5.41, 5.74) is 1.41. The van der Waals surface area contributed by atoms with Crippen LogP contribution in [0.5, 0.6) is 5.75 Å². The minimum absolute atomic E-state index is 0.0366. The van der Waals surface area contributed by atoms with Crippen LogP contribution in [0.2, 0.25) is 0 Å². The lowest BCUT2D eigenvalue weighted by Crippen LogP contribution is -2.12. The second-order valence-corrected chi connectivity index (χ2v) is 3.61. The van der Waals surface area contributed by atoms with E-state index in [2.05, 4.69) is 0 Å². The van der Waals surface area contributed by atoms with Crippen molar-refractivity contribution < 1.29 is 14.3 Å². The van der Waals surface area contributed by atoms with Crippen molar-refractivity contribution in [3.63, 3.8) is 0 Å². The molecule has 82 valence electrons. The smallest absolute Gasteiger partial charge is 0.341 e. The van der Waals surface area contributed by atoms with Gasteiger partial charge in [0.2, 0.25) is 0 Å². The Hall–Kier alpha value is -1.51. The maximum atomic E-state index is 11.5. The van der Waals surface area contributed by atoms with Crippen molar-refractivity contribution in [2.24, 2.45) is 0 Å². The van der Waals surface area contributed by atoms with Gasteiger partial charge in [-0.25, -0.2) is 4.79 Å².